The molecule has 0 unspecified atom stereocenters. The summed E-state index contributed by atoms with van der Waals surface area (Å²) in [6.07, 6.45) is 0. The molecule has 0 saturated heterocycles. The van der Waals surface area contributed by atoms with Crippen LogP contribution in [-0.2, 0) is 0 Å². The van der Waals surface area contributed by atoms with E-state index in [2.05, 4.69) is 26.1 Å². The highest BCUT2D eigenvalue weighted by molar-refractivity contribution is 9.10. The molecule has 0 spiro atoms. The topological polar surface area (TPSA) is 71.8 Å². The van der Waals surface area contributed by atoms with E-state index in [0.717, 1.165) is 0 Å². The first-order chi connectivity index (χ1) is 7.59. The van der Waals surface area contributed by atoms with E-state index >= 15 is 0 Å². The number of hydrogen-bond donors (Lipinski definition) is 2. The molecule has 6 heteroatoms. The van der Waals surface area contributed by atoms with Gasteiger partial charge in [0.05, 0.1) is 10.2 Å². The zero-order valence-corrected chi connectivity index (χ0v) is 9.58. The third-order valence-corrected chi connectivity index (χ3v) is 2.68. The van der Waals surface area contributed by atoms with Crippen molar-refractivity contribution in [3.8, 4) is 11.3 Å². The molecule has 0 bridgehead atoms. The van der Waals surface area contributed by atoms with Crippen molar-refractivity contribution in [2.45, 2.75) is 0 Å². The van der Waals surface area contributed by atoms with Crippen LogP contribution in [0.3, 0.4) is 0 Å². The van der Waals surface area contributed by atoms with Crippen molar-refractivity contribution < 1.29 is 9.18 Å². The molecule has 0 fully saturated rings. The Bertz CT molecular complexity index is 553. The molecule has 1 aromatic carbocycles. The number of halogens is 2. The third-order valence-electron chi connectivity index (χ3n) is 2.07. The molecule has 0 aliphatic heterocycles. The zero-order valence-electron chi connectivity index (χ0n) is 8.00. The number of aromatic amines is 1. The van der Waals surface area contributed by atoms with Crippen molar-refractivity contribution >= 4 is 21.8 Å². The molecular weight excluding hydrogens is 277 g/mol. The molecule has 0 saturated carbocycles. The van der Waals surface area contributed by atoms with Crippen molar-refractivity contribution in [1.29, 1.82) is 0 Å². The van der Waals surface area contributed by atoms with Crippen molar-refractivity contribution in [2.24, 2.45) is 5.73 Å². The lowest BCUT2D eigenvalue weighted by Gasteiger charge is -1.99. The van der Waals surface area contributed by atoms with Crippen LogP contribution in [0.2, 0.25) is 0 Å². The van der Waals surface area contributed by atoms with E-state index in [9.17, 15) is 9.18 Å². The molecule has 2 aromatic rings. The van der Waals surface area contributed by atoms with Gasteiger partial charge in [0, 0.05) is 5.56 Å². The Morgan fingerprint density at radius 3 is 2.88 bits per heavy atom. The maximum absolute atomic E-state index is 13.7. The number of nitrogens with two attached hydrogens (primary N) is 1. The van der Waals surface area contributed by atoms with Gasteiger partial charge < -0.3 is 5.73 Å². The number of carbonyl (C=O) groups is 1. The quantitative estimate of drug-likeness (QED) is 0.886. The fourth-order valence-corrected chi connectivity index (χ4v) is 1.65. The van der Waals surface area contributed by atoms with Crippen LogP contribution in [-0.4, -0.2) is 16.1 Å². The Labute approximate surface area is 98.8 Å². The lowest BCUT2D eigenvalue weighted by Crippen LogP contribution is -2.10. The van der Waals surface area contributed by atoms with Crippen LogP contribution in [0.15, 0.2) is 28.7 Å². The fourth-order valence-electron chi connectivity index (χ4n) is 1.29. The highest BCUT2D eigenvalue weighted by Crippen LogP contribution is 2.26. The van der Waals surface area contributed by atoms with E-state index in [1.165, 1.54) is 6.07 Å². The zero-order chi connectivity index (χ0) is 11.7. The molecule has 2 rings (SSSR count). The summed E-state index contributed by atoms with van der Waals surface area (Å²) in [6.45, 7) is 0. The minimum absolute atomic E-state index is 0.148. The van der Waals surface area contributed by atoms with Gasteiger partial charge in [0.25, 0.3) is 5.91 Å². The molecule has 4 nitrogen and oxygen atoms in total. The van der Waals surface area contributed by atoms with Gasteiger partial charge in [0.15, 0.2) is 0 Å². The lowest BCUT2D eigenvalue weighted by atomic mass is 10.1. The Kier molecular flexibility index (Phi) is 2.74. The number of hydrogen-bond acceptors (Lipinski definition) is 2. The summed E-state index contributed by atoms with van der Waals surface area (Å²) in [5.74, 6) is -1.06. The Balaban J connectivity index is 2.50. The van der Waals surface area contributed by atoms with Gasteiger partial charge in [-0.05, 0) is 34.1 Å². The van der Waals surface area contributed by atoms with Crippen LogP contribution in [0.5, 0.6) is 0 Å². The summed E-state index contributed by atoms with van der Waals surface area (Å²) in [5.41, 5.74) is 5.85. The lowest BCUT2D eigenvalue weighted by molar-refractivity contribution is 0.0995. The van der Waals surface area contributed by atoms with Gasteiger partial charge >= 0.3 is 0 Å². The Hall–Kier alpha value is -1.69. The summed E-state index contributed by atoms with van der Waals surface area (Å²) >= 11 is 3.07. The number of nitrogens with zero attached hydrogens (tertiary/aromatic N) is 1. The van der Waals surface area contributed by atoms with Gasteiger partial charge in [-0.25, -0.2) is 4.39 Å². The molecule has 82 valence electrons. The van der Waals surface area contributed by atoms with E-state index < -0.39 is 11.7 Å². The van der Waals surface area contributed by atoms with Crippen LogP contribution < -0.4 is 5.73 Å². The number of rotatable bonds is 2. The van der Waals surface area contributed by atoms with Gasteiger partial charge in [-0.2, -0.15) is 5.10 Å². The number of H-pyrrole nitrogens is 1. The van der Waals surface area contributed by atoms with E-state index in [1.54, 1.807) is 18.2 Å². The third kappa shape index (κ3) is 1.83. The minimum atomic E-state index is -0.630. The Morgan fingerprint density at radius 2 is 2.25 bits per heavy atom. The highest BCUT2D eigenvalue weighted by Gasteiger charge is 2.12. The molecule has 0 aliphatic carbocycles. The molecular formula is C10H7BrFN3O. The predicted molar refractivity (Wildman–Crippen MR) is 60.2 cm³/mol. The second-order valence-electron chi connectivity index (χ2n) is 3.13. The molecule has 1 amide bonds. The molecule has 0 atom stereocenters. The van der Waals surface area contributed by atoms with E-state index in [0.29, 0.717) is 15.7 Å². The van der Waals surface area contributed by atoms with Gasteiger partial charge in [-0.15, -0.1) is 0 Å². The van der Waals surface area contributed by atoms with Crippen LogP contribution >= 0.6 is 15.9 Å². The summed E-state index contributed by atoms with van der Waals surface area (Å²) in [6, 6.07) is 6.25. The van der Waals surface area contributed by atoms with Crippen LogP contribution in [0.4, 0.5) is 4.39 Å². The number of carbonyl (C=O) groups excluding carboxylic acids is 1. The molecule has 16 heavy (non-hydrogen) atoms. The predicted octanol–water partition coefficient (Wildman–Crippen LogP) is 2.08. The molecule has 0 radical (unpaired) electrons. The summed E-state index contributed by atoms with van der Waals surface area (Å²) < 4.78 is 14.0. The molecule has 0 aliphatic rings. The largest absolute Gasteiger partial charge is 0.364 e. The SMILES string of the molecule is NC(=O)c1cc(-c2cccc(Br)c2F)n[nH]1. The maximum atomic E-state index is 13.7. The van der Waals surface area contributed by atoms with Crippen LogP contribution in [0.25, 0.3) is 11.3 Å². The molecule has 3 N–H and O–H groups in total. The second kappa shape index (κ2) is 4.05. The van der Waals surface area contributed by atoms with Gasteiger partial charge in [0.2, 0.25) is 0 Å². The smallest absolute Gasteiger partial charge is 0.266 e. The summed E-state index contributed by atoms with van der Waals surface area (Å²) in [7, 11) is 0. The number of nitrogens with one attached hydrogen (secondary N) is 1. The number of aromatic nitrogens is 2. The maximum Gasteiger partial charge on any atom is 0.266 e. The first-order valence-electron chi connectivity index (χ1n) is 4.39. The fraction of sp³-hybridized carbons (Fsp3) is 0. The van der Waals surface area contributed by atoms with Crippen molar-refractivity contribution in [3.63, 3.8) is 0 Å². The molecule has 1 aromatic heterocycles. The van der Waals surface area contributed by atoms with Crippen LogP contribution in [0, 0.1) is 5.82 Å². The molecule has 1 heterocycles. The Morgan fingerprint density at radius 1 is 1.50 bits per heavy atom. The van der Waals surface area contributed by atoms with Crippen molar-refractivity contribution in [1.82, 2.24) is 10.2 Å². The average Bonchev–Trinajstić information content (AvgIpc) is 2.71. The van der Waals surface area contributed by atoms with Crippen molar-refractivity contribution in [3.05, 3.63) is 40.2 Å². The summed E-state index contributed by atoms with van der Waals surface area (Å²) in [5, 5.41) is 6.27. The van der Waals surface area contributed by atoms with Gasteiger partial charge in [-0.3, -0.25) is 9.89 Å². The van der Waals surface area contributed by atoms with E-state index in [4.69, 9.17) is 5.73 Å². The van der Waals surface area contributed by atoms with Gasteiger partial charge in [0.1, 0.15) is 11.5 Å². The second-order valence-corrected chi connectivity index (χ2v) is 3.99. The van der Waals surface area contributed by atoms with E-state index in [1.807, 2.05) is 0 Å². The highest BCUT2D eigenvalue weighted by atomic mass is 79.9. The first kappa shape index (κ1) is 10.8. The minimum Gasteiger partial charge on any atom is -0.364 e. The number of amides is 1. The average molecular weight is 284 g/mol. The van der Waals surface area contributed by atoms with Crippen molar-refractivity contribution in [2.75, 3.05) is 0 Å². The van der Waals surface area contributed by atoms with Gasteiger partial charge in [-0.1, -0.05) is 6.07 Å². The number of primary amides is 1. The van der Waals surface area contributed by atoms with Crippen LogP contribution in [0.1, 0.15) is 10.5 Å². The van der Waals surface area contributed by atoms with E-state index in [-0.39, 0.29) is 5.69 Å². The standard InChI is InChI=1S/C10H7BrFN3O/c11-6-3-1-2-5(9(6)12)7-4-8(10(13)16)15-14-7/h1-4H,(H2,13,16)(H,14,15). The number of benzene rings is 1. The normalized spacial score (nSPS) is 10.4. The monoisotopic (exact) mass is 283 g/mol. The first-order valence-corrected chi connectivity index (χ1v) is 5.18. The summed E-state index contributed by atoms with van der Waals surface area (Å²) in [4.78, 5) is 10.8.